The molecule has 0 unspecified atom stereocenters. The van der Waals surface area contributed by atoms with E-state index in [-0.39, 0.29) is 12.3 Å². The van der Waals surface area contributed by atoms with E-state index in [9.17, 15) is 15.0 Å². The lowest BCUT2D eigenvalue weighted by Gasteiger charge is -2.56. The van der Waals surface area contributed by atoms with Crippen LogP contribution in [0.25, 0.3) is 6.08 Å². The van der Waals surface area contributed by atoms with Crippen LogP contribution in [-0.2, 0) is 9.53 Å². The van der Waals surface area contributed by atoms with Crippen molar-refractivity contribution in [3.8, 4) is 0 Å². The van der Waals surface area contributed by atoms with Gasteiger partial charge in [-0.25, -0.2) is 4.79 Å². The third-order valence-corrected chi connectivity index (χ3v) is 6.64. The van der Waals surface area contributed by atoms with Crippen LogP contribution in [-0.4, -0.2) is 34.0 Å². The Morgan fingerprint density at radius 1 is 1.21 bits per heavy atom. The summed E-state index contributed by atoms with van der Waals surface area (Å²) in [5.74, 6) is -0.160. The molecule has 152 valence electrons. The topological polar surface area (TPSA) is 66.8 Å². The second-order valence-corrected chi connectivity index (χ2v) is 9.07. The van der Waals surface area contributed by atoms with E-state index >= 15 is 0 Å². The third kappa shape index (κ3) is 3.94. The summed E-state index contributed by atoms with van der Waals surface area (Å²) in [5, 5.41) is 21.3. The number of hydrogen-bond acceptors (Lipinski definition) is 4. The average Bonchev–Trinajstić information content (AvgIpc) is 2.65. The van der Waals surface area contributed by atoms with Gasteiger partial charge in [-0.3, -0.25) is 0 Å². The molecule has 4 heteroatoms. The van der Waals surface area contributed by atoms with Crippen LogP contribution in [0.2, 0.25) is 0 Å². The van der Waals surface area contributed by atoms with Crippen molar-refractivity contribution in [2.24, 2.45) is 17.3 Å². The van der Waals surface area contributed by atoms with Gasteiger partial charge in [0.1, 0.15) is 5.60 Å². The number of aliphatic hydroxyl groups is 2. The number of carbonyl (C=O) groups excluding carboxylic acids is 1. The number of hydrogen-bond donors (Lipinski definition) is 2. The van der Waals surface area contributed by atoms with Crippen molar-refractivity contribution in [1.82, 2.24) is 0 Å². The summed E-state index contributed by atoms with van der Waals surface area (Å²) in [6.45, 7) is 8.21. The lowest BCUT2D eigenvalue weighted by molar-refractivity contribution is -0.207. The van der Waals surface area contributed by atoms with Gasteiger partial charge in [-0.1, -0.05) is 62.8 Å². The molecule has 5 atom stereocenters. The molecule has 0 saturated heterocycles. The normalized spacial score (nSPS) is 35.5. The van der Waals surface area contributed by atoms with Crippen molar-refractivity contribution in [3.05, 3.63) is 53.6 Å². The maximum Gasteiger partial charge on any atom is 0.331 e. The molecule has 0 spiro atoms. The highest BCUT2D eigenvalue weighted by molar-refractivity contribution is 5.87. The van der Waals surface area contributed by atoms with Gasteiger partial charge in [0.2, 0.25) is 0 Å². The fraction of sp³-hybridized carbons (Fsp3) is 0.542. The molecule has 2 N–H and O–H groups in total. The zero-order valence-electron chi connectivity index (χ0n) is 17.3. The van der Waals surface area contributed by atoms with Gasteiger partial charge in [0.25, 0.3) is 0 Å². The van der Waals surface area contributed by atoms with Gasteiger partial charge in [-0.05, 0) is 37.3 Å². The van der Waals surface area contributed by atoms with E-state index in [0.29, 0.717) is 5.92 Å². The second kappa shape index (κ2) is 7.84. The molecule has 28 heavy (non-hydrogen) atoms. The van der Waals surface area contributed by atoms with Gasteiger partial charge in [0.05, 0.1) is 12.2 Å². The summed E-state index contributed by atoms with van der Waals surface area (Å²) < 4.78 is 5.94. The van der Waals surface area contributed by atoms with Crippen molar-refractivity contribution in [3.63, 3.8) is 0 Å². The van der Waals surface area contributed by atoms with Crippen LogP contribution in [0, 0.1) is 17.3 Å². The lowest BCUT2D eigenvalue weighted by Crippen LogP contribution is -2.62. The van der Waals surface area contributed by atoms with E-state index in [2.05, 4.69) is 19.9 Å². The molecular formula is C24H32O4. The number of carbonyl (C=O) groups is 1. The quantitative estimate of drug-likeness (QED) is 0.465. The summed E-state index contributed by atoms with van der Waals surface area (Å²) in [6, 6.07) is 9.59. The summed E-state index contributed by atoms with van der Waals surface area (Å²) in [5.41, 5.74) is 0.863. The van der Waals surface area contributed by atoms with E-state index in [0.717, 1.165) is 18.4 Å². The average molecular weight is 385 g/mol. The van der Waals surface area contributed by atoms with Crippen LogP contribution in [0.1, 0.15) is 52.5 Å². The van der Waals surface area contributed by atoms with Gasteiger partial charge < -0.3 is 14.9 Å². The third-order valence-electron chi connectivity index (χ3n) is 6.64. The molecule has 1 aromatic rings. The Hall–Kier alpha value is -1.91. The predicted molar refractivity (Wildman–Crippen MR) is 110 cm³/mol. The van der Waals surface area contributed by atoms with E-state index in [1.54, 1.807) is 6.08 Å². The smallest absolute Gasteiger partial charge is 0.331 e. The highest BCUT2D eigenvalue weighted by Crippen LogP contribution is 2.55. The number of benzene rings is 1. The van der Waals surface area contributed by atoms with Crippen molar-refractivity contribution in [1.29, 1.82) is 0 Å². The molecule has 2 aliphatic rings. The highest BCUT2D eigenvalue weighted by atomic mass is 16.6. The number of allylic oxidation sites excluding steroid dienone is 1. The number of esters is 1. The molecule has 2 aliphatic carbocycles. The maximum absolute atomic E-state index is 12.6. The summed E-state index contributed by atoms with van der Waals surface area (Å²) in [7, 11) is 0. The minimum Gasteiger partial charge on any atom is -0.455 e. The minimum atomic E-state index is -0.911. The monoisotopic (exact) mass is 384 g/mol. The van der Waals surface area contributed by atoms with Crippen molar-refractivity contribution in [2.45, 2.75) is 64.8 Å². The Labute approximate surface area is 167 Å². The van der Waals surface area contributed by atoms with Crippen molar-refractivity contribution in [2.75, 3.05) is 0 Å². The molecular weight excluding hydrogens is 352 g/mol. The van der Waals surface area contributed by atoms with Crippen molar-refractivity contribution >= 4 is 12.0 Å². The Morgan fingerprint density at radius 2 is 1.89 bits per heavy atom. The fourth-order valence-corrected chi connectivity index (χ4v) is 4.93. The van der Waals surface area contributed by atoms with E-state index in [1.165, 1.54) is 11.6 Å². The zero-order valence-corrected chi connectivity index (χ0v) is 17.3. The van der Waals surface area contributed by atoms with Crippen LogP contribution in [0.15, 0.2) is 48.1 Å². The van der Waals surface area contributed by atoms with Crippen LogP contribution >= 0.6 is 0 Å². The van der Waals surface area contributed by atoms with E-state index < -0.39 is 29.2 Å². The number of rotatable bonds is 4. The summed E-state index contributed by atoms with van der Waals surface area (Å²) >= 11 is 0. The van der Waals surface area contributed by atoms with E-state index in [4.69, 9.17) is 4.74 Å². The molecule has 1 fully saturated rings. The molecule has 1 aromatic carbocycles. The first-order chi connectivity index (χ1) is 13.2. The van der Waals surface area contributed by atoms with E-state index in [1.807, 2.05) is 44.2 Å². The molecule has 0 heterocycles. The molecule has 1 saturated carbocycles. The Kier molecular flexibility index (Phi) is 5.83. The Morgan fingerprint density at radius 3 is 2.54 bits per heavy atom. The zero-order chi connectivity index (χ0) is 20.5. The molecule has 4 nitrogen and oxygen atoms in total. The Balaban J connectivity index is 1.87. The number of fused-ring (bicyclic) bond motifs is 1. The molecule has 3 rings (SSSR count). The van der Waals surface area contributed by atoms with Gasteiger partial charge in [-0.15, -0.1) is 0 Å². The first kappa shape index (κ1) is 20.8. The maximum atomic E-state index is 12.6. The largest absolute Gasteiger partial charge is 0.455 e. The first-order valence-corrected chi connectivity index (χ1v) is 10.2. The van der Waals surface area contributed by atoms with Crippen molar-refractivity contribution < 1.29 is 19.7 Å². The molecule has 0 aromatic heterocycles. The predicted octanol–water partition coefficient (Wildman–Crippen LogP) is 4.13. The van der Waals surface area contributed by atoms with Crippen LogP contribution in [0.5, 0.6) is 0 Å². The molecule has 0 aliphatic heterocycles. The minimum absolute atomic E-state index is 0.140. The SMILES string of the molecule is CC(C)C1=C[C@@H]2[C@@](C)(CC1)[C@H](O)[C@@H](O)C[C@]2(C)OC(=O)/C=C/c1ccccc1. The van der Waals surface area contributed by atoms with Gasteiger partial charge in [0, 0.05) is 23.8 Å². The molecule has 0 bridgehead atoms. The number of aliphatic hydroxyl groups excluding tert-OH is 2. The van der Waals surface area contributed by atoms with Gasteiger partial charge in [0.15, 0.2) is 0 Å². The Bertz CT molecular complexity index is 766. The van der Waals surface area contributed by atoms with Gasteiger partial charge >= 0.3 is 5.97 Å². The molecule has 0 amide bonds. The van der Waals surface area contributed by atoms with Crippen LogP contribution in [0.3, 0.4) is 0 Å². The molecule has 0 radical (unpaired) electrons. The summed E-state index contributed by atoms with van der Waals surface area (Å²) in [6.07, 6.45) is 5.51. The highest BCUT2D eigenvalue weighted by Gasteiger charge is 2.58. The summed E-state index contributed by atoms with van der Waals surface area (Å²) in [4.78, 5) is 12.6. The second-order valence-electron chi connectivity index (χ2n) is 9.07. The van der Waals surface area contributed by atoms with Gasteiger partial charge in [-0.2, -0.15) is 0 Å². The lowest BCUT2D eigenvalue weighted by atomic mass is 9.54. The number of ether oxygens (including phenoxy) is 1. The van der Waals surface area contributed by atoms with Crippen LogP contribution in [0.4, 0.5) is 0 Å². The fourth-order valence-electron chi connectivity index (χ4n) is 4.93. The first-order valence-electron chi connectivity index (χ1n) is 10.2. The standard InChI is InChI=1S/C24H32O4/c1-16(2)18-12-13-23(3)20(14-18)24(4,15-19(25)22(23)27)28-21(26)11-10-17-8-6-5-7-9-17/h5-11,14,16,19-20,22,25,27H,12-13,15H2,1-4H3/b11-10+/t19-,20+,22+,23+,24-/m0/s1. The van der Waals surface area contributed by atoms with Crippen LogP contribution < -0.4 is 0 Å².